The molecule has 0 aliphatic carbocycles. The molecule has 0 bridgehead atoms. The normalized spacial score (nSPS) is 22.9. The number of rotatable bonds is 2. The number of anilines is 2. The van der Waals surface area contributed by atoms with Gasteiger partial charge in [-0.2, -0.15) is 0 Å². The molecule has 2 aromatic heterocycles. The molecule has 2 unspecified atom stereocenters. The first kappa shape index (κ1) is 17.8. The third-order valence-corrected chi connectivity index (χ3v) is 5.60. The molecule has 2 atom stereocenters. The van der Waals surface area contributed by atoms with Crippen molar-refractivity contribution in [1.82, 2.24) is 14.5 Å². The van der Waals surface area contributed by atoms with Gasteiger partial charge in [0, 0.05) is 31.6 Å². The maximum atomic E-state index is 14.0. The van der Waals surface area contributed by atoms with Crippen molar-refractivity contribution in [3.8, 4) is 0 Å². The Balaban J connectivity index is 2.07. The number of pyridine rings is 2. The molecule has 144 valence electrons. The van der Waals surface area contributed by atoms with Gasteiger partial charge in [-0.05, 0) is 20.0 Å². The predicted molar refractivity (Wildman–Crippen MR) is 98.5 cm³/mol. The van der Waals surface area contributed by atoms with Gasteiger partial charge in [0.25, 0.3) is 11.5 Å². The predicted octanol–water partition coefficient (Wildman–Crippen LogP) is 0.898. The smallest absolute Gasteiger partial charge is 0.278 e. The molecule has 1 saturated heterocycles. The molecule has 0 saturated carbocycles. The van der Waals surface area contributed by atoms with Crippen LogP contribution in [-0.4, -0.2) is 65.8 Å². The zero-order valence-electron chi connectivity index (χ0n) is 15.4. The lowest BCUT2D eigenvalue weighted by Gasteiger charge is -2.49. The largest absolute Gasteiger partial charge is 0.354 e. The Labute approximate surface area is 154 Å². The van der Waals surface area contributed by atoms with Gasteiger partial charge in [-0.25, -0.2) is 13.8 Å². The molecule has 2 aliphatic heterocycles. The molecular weight excluding hydrogens is 356 g/mol. The summed E-state index contributed by atoms with van der Waals surface area (Å²) in [6, 6.07) is 0.906. The Morgan fingerprint density at radius 2 is 1.96 bits per heavy atom. The number of aromatic nitrogens is 2. The zero-order chi connectivity index (χ0) is 19.5. The summed E-state index contributed by atoms with van der Waals surface area (Å²) in [5.41, 5.74) is 0.467. The van der Waals surface area contributed by atoms with Crippen molar-refractivity contribution < 1.29 is 13.6 Å². The number of alkyl halides is 1. The number of hydrogen-bond donors (Lipinski definition) is 0. The van der Waals surface area contributed by atoms with Gasteiger partial charge < -0.3 is 9.80 Å². The summed E-state index contributed by atoms with van der Waals surface area (Å²) < 4.78 is 28.5. The molecule has 1 amide bonds. The lowest BCUT2D eigenvalue weighted by Crippen LogP contribution is -2.65. The fourth-order valence-corrected chi connectivity index (χ4v) is 4.05. The molecule has 2 aliphatic rings. The Kier molecular flexibility index (Phi) is 4.14. The highest BCUT2D eigenvalue weighted by Gasteiger charge is 2.45. The van der Waals surface area contributed by atoms with Crippen LogP contribution in [0.4, 0.5) is 20.2 Å². The Morgan fingerprint density at radius 1 is 1.22 bits per heavy atom. The fraction of sp³-hybridized carbons (Fsp3) is 0.500. The number of likely N-dealkylation sites (N-methyl/N-ethyl adjacent to an activating group) is 1. The van der Waals surface area contributed by atoms with E-state index < -0.39 is 24.1 Å². The van der Waals surface area contributed by atoms with E-state index in [-0.39, 0.29) is 24.2 Å². The van der Waals surface area contributed by atoms with Crippen LogP contribution in [0, 0.1) is 5.82 Å². The van der Waals surface area contributed by atoms with E-state index in [1.165, 1.54) is 22.6 Å². The number of amides is 1. The molecule has 9 heteroatoms. The molecule has 1 fully saturated rings. The highest BCUT2D eigenvalue weighted by atomic mass is 19.1. The second-order valence-corrected chi connectivity index (χ2v) is 7.22. The van der Waals surface area contributed by atoms with E-state index in [0.717, 1.165) is 6.20 Å². The SMILES string of the molecule is CC1CN2c3c(c(=O)n(C)c4ncc(F)cc34)N(CCF)C(=O)C2CN1C. The first-order valence-electron chi connectivity index (χ1n) is 8.87. The van der Waals surface area contributed by atoms with Crippen LogP contribution < -0.4 is 15.4 Å². The van der Waals surface area contributed by atoms with Crippen molar-refractivity contribution in [2.45, 2.75) is 19.0 Å². The van der Waals surface area contributed by atoms with Crippen LogP contribution in [0.2, 0.25) is 0 Å². The van der Waals surface area contributed by atoms with Crippen molar-refractivity contribution in [3.63, 3.8) is 0 Å². The number of fused-ring (bicyclic) bond motifs is 5. The van der Waals surface area contributed by atoms with Crippen LogP contribution in [0.5, 0.6) is 0 Å². The topological polar surface area (TPSA) is 61.7 Å². The monoisotopic (exact) mass is 377 g/mol. The summed E-state index contributed by atoms with van der Waals surface area (Å²) in [6.07, 6.45) is 1.06. The van der Waals surface area contributed by atoms with Crippen LogP contribution >= 0.6 is 0 Å². The van der Waals surface area contributed by atoms with E-state index in [9.17, 15) is 18.4 Å². The number of nitrogens with zero attached hydrogens (tertiary/aromatic N) is 5. The number of carbonyl (C=O) groups is 1. The quantitative estimate of drug-likeness (QED) is 0.778. The van der Waals surface area contributed by atoms with E-state index in [0.29, 0.717) is 29.8 Å². The minimum Gasteiger partial charge on any atom is -0.354 e. The second kappa shape index (κ2) is 6.26. The number of carbonyl (C=O) groups excluding carboxylic acids is 1. The fourth-order valence-electron chi connectivity index (χ4n) is 4.05. The molecule has 7 nitrogen and oxygen atoms in total. The highest BCUT2D eigenvalue weighted by molar-refractivity contribution is 6.11. The average molecular weight is 377 g/mol. The molecule has 0 N–H and O–H groups in total. The molecular formula is C18H21F2N5O2. The number of aryl methyl sites for hydroxylation is 1. The minimum atomic E-state index is -0.771. The zero-order valence-corrected chi connectivity index (χ0v) is 15.4. The maximum Gasteiger partial charge on any atom is 0.278 e. The molecule has 27 heavy (non-hydrogen) atoms. The van der Waals surface area contributed by atoms with Crippen LogP contribution in [-0.2, 0) is 11.8 Å². The summed E-state index contributed by atoms with van der Waals surface area (Å²) in [5.74, 6) is -0.837. The van der Waals surface area contributed by atoms with Gasteiger partial charge in [0.2, 0.25) is 0 Å². The molecule has 2 aromatic rings. The van der Waals surface area contributed by atoms with Crippen molar-refractivity contribution >= 4 is 28.3 Å². The van der Waals surface area contributed by atoms with E-state index in [1.807, 2.05) is 18.9 Å². The van der Waals surface area contributed by atoms with Crippen LogP contribution in [0.25, 0.3) is 11.0 Å². The van der Waals surface area contributed by atoms with Crippen molar-refractivity contribution in [2.75, 3.05) is 43.2 Å². The Bertz CT molecular complexity index is 992. The minimum absolute atomic E-state index is 0.105. The maximum absolute atomic E-state index is 14.0. The van der Waals surface area contributed by atoms with E-state index in [2.05, 4.69) is 9.88 Å². The van der Waals surface area contributed by atoms with E-state index in [1.54, 1.807) is 0 Å². The summed E-state index contributed by atoms with van der Waals surface area (Å²) in [7, 11) is 3.44. The summed E-state index contributed by atoms with van der Waals surface area (Å²) in [6.45, 7) is 1.99. The van der Waals surface area contributed by atoms with Gasteiger partial charge in [0.05, 0.1) is 18.4 Å². The van der Waals surface area contributed by atoms with Gasteiger partial charge in [-0.3, -0.25) is 19.1 Å². The van der Waals surface area contributed by atoms with E-state index >= 15 is 0 Å². The molecule has 0 aromatic carbocycles. The van der Waals surface area contributed by atoms with Gasteiger partial charge >= 0.3 is 0 Å². The molecule has 4 heterocycles. The van der Waals surface area contributed by atoms with Crippen molar-refractivity contribution in [2.24, 2.45) is 7.05 Å². The lowest BCUT2D eigenvalue weighted by atomic mass is 9.99. The highest BCUT2D eigenvalue weighted by Crippen LogP contribution is 2.40. The molecule has 4 rings (SSSR count). The Morgan fingerprint density at radius 3 is 2.67 bits per heavy atom. The third-order valence-electron chi connectivity index (χ3n) is 5.60. The summed E-state index contributed by atoms with van der Waals surface area (Å²) >= 11 is 0. The van der Waals surface area contributed by atoms with Crippen LogP contribution in [0.3, 0.4) is 0 Å². The second-order valence-electron chi connectivity index (χ2n) is 7.22. The van der Waals surface area contributed by atoms with Gasteiger partial charge in [-0.1, -0.05) is 0 Å². The first-order chi connectivity index (χ1) is 12.8. The number of piperazine rings is 1. The molecule has 0 spiro atoms. The van der Waals surface area contributed by atoms with Crippen molar-refractivity contribution in [1.29, 1.82) is 0 Å². The standard InChI is InChI=1S/C18H21F2N5O2/c1-10-8-25-13(9-22(10)2)17(26)24(5-4-19)15-14(25)12-6-11(20)7-21-16(12)23(3)18(15)27/h6-7,10,13H,4-5,8-9H2,1-3H3. The number of hydrogen-bond acceptors (Lipinski definition) is 5. The van der Waals surface area contributed by atoms with Crippen molar-refractivity contribution in [3.05, 3.63) is 28.4 Å². The number of halogens is 2. The molecule has 0 radical (unpaired) electrons. The van der Waals surface area contributed by atoms with E-state index in [4.69, 9.17) is 0 Å². The van der Waals surface area contributed by atoms with Gasteiger partial charge in [0.15, 0.2) is 0 Å². The van der Waals surface area contributed by atoms with Gasteiger partial charge in [0.1, 0.15) is 29.9 Å². The summed E-state index contributed by atoms with van der Waals surface area (Å²) in [4.78, 5) is 35.3. The average Bonchev–Trinajstić information content (AvgIpc) is 2.63. The third kappa shape index (κ3) is 2.52. The van der Waals surface area contributed by atoms with Gasteiger partial charge in [-0.15, -0.1) is 0 Å². The Hall–Kier alpha value is -2.55. The van der Waals surface area contributed by atoms with Crippen LogP contribution in [0.1, 0.15) is 6.92 Å². The first-order valence-corrected chi connectivity index (χ1v) is 8.87. The lowest BCUT2D eigenvalue weighted by molar-refractivity contribution is -0.121. The van der Waals surface area contributed by atoms with Crippen LogP contribution in [0.15, 0.2) is 17.1 Å². The summed E-state index contributed by atoms with van der Waals surface area (Å²) in [5, 5.41) is 0.449.